The monoisotopic (exact) mass is 698 g/mol. The molecule has 46 heavy (non-hydrogen) atoms. The molecule has 1 aliphatic heterocycles. The Morgan fingerprint density at radius 3 is 2.22 bits per heavy atom. The minimum Gasteiger partial charge on any atom is -0.497 e. The summed E-state index contributed by atoms with van der Waals surface area (Å²) in [5.74, 6) is -1.08. The maximum Gasteiger partial charge on any atom is 0.339 e. The second-order valence-corrected chi connectivity index (χ2v) is 13.2. The van der Waals surface area contributed by atoms with Crippen LogP contribution in [0.3, 0.4) is 0 Å². The number of amides is 2. The van der Waals surface area contributed by atoms with Crippen molar-refractivity contribution in [2.75, 3.05) is 12.0 Å². The van der Waals surface area contributed by atoms with Crippen molar-refractivity contribution in [2.24, 2.45) is 23.7 Å². The number of anilines is 1. The van der Waals surface area contributed by atoms with Gasteiger partial charge >= 0.3 is 5.97 Å². The number of halogens is 2. The fourth-order valence-electron chi connectivity index (χ4n) is 6.98. The van der Waals surface area contributed by atoms with Gasteiger partial charge in [0.2, 0.25) is 17.6 Å². The fraction of sp³-hybridized carbons (Fsp3) is 0.250. The highest BCUT2D eigenvalue weighted by atomic mass is 79.9. The molecule has 2 fully saturated rings. The number of Topliss-reactive ketones (excluding diaryl/α,β-unsaturated/α-hetero) is 1. The number of nitrogens with zero attached hydrogens (tertiary/aromatic N) is 2. The van der Waals surface area contributed by atoms with E-state index in [-0.39, 0.29) is 46.8 Å². The summed E-state index contributed by atoms with van der Waals surface area (Å²) in [6.45, 7) is 3.34. The molecular weight excluding hydrogens is 672 g/mol. The molecule has 8 nitrogen and oxygen atoms in total. The number of benzene rings is 3. The lowest BCUT2D eigenvalue weighted by Gasteiger charge is -2.18. The molecule has 7 rings (SSSR count). The van der Waals surface area contributed by atoms with Crippen LogP contribution in [0.2, 0.25) is 5.02 Å². The van der Waals surface area contributed by atoms with Crippen molar-refractivity contribution in [1.82, 2.24) is 4.98 Å². The van der Waals surface area contributed by atoms with Crippen molar-refractivity contribution in [2.45, 2.75) is 26.4 Å². The number of rotatable bonds is 7. The normalized spacial score (nSPS) is 22.0. The van der Waals surface area contributed by atoms with Gasteiger partial charge in [0, 0.05) is 21.0 Å². The lowest BCUT2D eigenvalue weighted by Crippen LogP contribution is -2.32. The number of esters is 1. The highest BCUT2D eigenvalue weighted by Crippen LogP contribution is 2.53. The highest BCUT2D eigenvalue weighted by Gasteiger charge is 2.59. The van der Waals surface area contributed by atoms with Crippen LogP contribution in [0, 0.1) is 30.6 Å². The van der Waals surface area contributed by atoms with E-state index in [1.165, 1.54) is 18.9 Å². The Bertz CT molecular complexity index is 1960. The van der Waals surface area contributed by atoms with Crippen LogP contribution in [0.1, 0.15) is 39.6 Å². The number of ether oxygens (including phenoxy) is 2. The summed E-state index contributed by atoms with van der Waals surface area (Å²) in [6, 6.07) is 16.9. The molecule has 3 aromatic carbocycles. The first-order valence-electron chi connectivity index (χ1n) is 14.9. The molecule has 3 aliphatic rings. The summed E-state index contributed by atoms with van der Waals surface area (Å²) < 4.78 is 11.5. The molecule has 232 valence electrons. The van der Waals surface area contributed by atoms with E-state index in [1.807, 2.05) is 6.92 Å². The van der Waals surface area contributed by atoms with Crippen LogP contribution in [0.4, 0.5) is 5.69 Å². The molecule has 0 N–H and O–H groups in total. The van der Waals surface area contributed by atoms with Crippen LogP contribution in [0.25, 0.3) is 22.2 Å². The number of carbonyl (C=O) groups is 4. The highest BCUT2D eigenvalue weighted by molar-refractivity contribution is 9.10. The first-order chi connectivity index (χ1) is 22.1. The number of allylic oxidation sites excluding steroid dienone is 2. The molecule has 1 saturated heterocycles. The van der Waals surface area contributed by atoms with Crippen molar-refractivity contribution in [3.05, 3.63) is 99.0 Å². The number of pyridine rings is 1. The zero-order valence-corrected chi connectivity index (χ0v) is 27.5. The van der Waals surface area contributed by atoms with Gasteiger partial charge in [0.1, 0.15) is 5.75 Å². The fourth-order valence-corrected chi connectivity index (χ4v) is 7.65. The number of hydrogen-bond donors (Lipinski definition) is 0. The van der Waals surface area contributed by atoms with Crippen LogP contribution in [0.15, 0.2) is 77.3 Å². The molecule has 2 heterocycles. The van der Waals surface area contributed by atoms with Gasteiger partial charge in [-0.05, 0) is 102 Å². The van der Waals surface area contributed by atoms with E-state index < -0.39 is 12.1 Å². The van der Waals surface area contributed by atoms with Crippen LogP contribution >= 0.6 is 27.5 Å². The Morgan fingerprint density at radius 2 is 1.61 bits per heavy atom. The van der Waals surface area contributed by atoms with Gasteiger partial charge in [-0.25, -0.2) is 9.78 Å². The van der Waals surface area contributed by atoms with Gasteiger partial charge < -0.3 is 9.47 Å². The number of ketones is 1. The molecule has 0 radical (unpaired) electrons. The van der Waals surface area contributed by atoms with E-state index in [2.05, 4.69) is 28.1 Å². The van der Waals surface area contributed by atoms with Crippen LogP contribution in [-0.2, 0) is 14.3 Å². The minimum absolute atomic E-state index is 0.125. The molecule has 2 bridgehead atoms. The number of aromatic nitrogens is 1. The summed E-state index contributed by atoms with van der Waals surface area (Å²) in [6.07, 6.45) is 3.94. The van der Waals surface area contributed by atoms with E-state index in [0.29, 0.717) is 54.2 Å². The van der Waals surface area contributed by atoms with E-state index in [9.17, 15) is 19.2 Å². The van der Waals surface area contributed by atoms with E-state index >= 15 is 0 Å². The van der Waals surface area contributed by atoms with Gasteiger partial charge in [-0.1, -0.05) is 35.9 Å². The van der Waals surface area contributed by atoms with Crippen molar-refractivity contribution in [3.8, 4) is 17.0 Å². The summed E-state index contributed by atoms with van der Waals surface area (Å²) in [4.78, 5) is 59.6. The number of imide groups is 1. The Morgan fingerprint density at radius 1 is 0.978 bits per heavy atom. The molecule has 0 spiro atoms. The van der Waals surface area contributed by atoms with E-state index in [0.717, 1.165) is 6.42 Å². The molecule has 10 heteroatoms. The van der Waals surface area contributed by atoms with Gasteiger partial charge in [-0.15, -0.1) is 0 Å². The number of carbonyl (C=O) groups excluding carboxylic acids is 4. The number of hydrogen-bond acceptors (Lipinski definition) is 7. The third kappa shape index (κ3) is 4.84. The number of fused-ring (bicyclic) bond motifs is 6. The average Bonchev–Trinajstić information content (AvgIpc) is 3.76. The number of aryl methyl sites for hydroxylation is 1. The third-order valence-corrected chi connectivity index (χ3v) is 10.7. The van der Waals surface area contributed by atoms with Crippen LogP contribution in [-0.4, -0.2) is 41.8 Å². The SMILES string of the molecule is COc1ccc(C(=O)C(C)OC(=O)c2cc(-c3ccc(N4C(=O)C5C6C=CC(C6)C5C4=O)cc3)nc3c(C)c(Cl)c(Br)cc23)cc1. The average molecular weight is 700 g/mol. The molecule has 2 amide bonds. The van der Waals surface area contributed by atoms with Crippen molar-refractivity contribution in [1.29, 1.82) is 0 Å². The zero-order chi connectivity index (χ0) is 32.4. The molecule has 2 aliphatic carbocycles. The zero-order valence-electron chi connectivity index (χ0n) is 25.1. The molecular formula is C36H28BrClN2O6. The van der Waals surface area contributed by atoms with Crippen molar-refractivity contribution >= 4 is 67.7 Å². The van der Waals surface area contributed by atoms with Gasteiger partial charge in [-0.2, -0.15) is 0 Å². The van der Waals surface area contributed by atoms with Crippen molar-refractivity contribution in [3.63, 3.8) is 0 Å². The van der Waals surface area contributed by atoms with Gasteiger partial charge in [0.25, 0.3) is 0 Å². The minimum atomic E-state index is -1.07. The third-order valence-electron chi connectivity index (χ3n) is 9.36. The Hall–Kier alpha value is -4.34. The summed E-state index contributed by atoms with van der Waals surface area (Å²) in [7, 11) is 1.54. The maximum absolute atomic E-state index is 13.7. The predicted octanol–water partition coefficient (Wildman–Crippen LogP) is 7.37. The lowest BCUT2D eigenvalue weighted by molar-refractivity contribution is -0.123. The smallest absolute Gasteiger partial charge is 0.339 e. The largest absolute Gasteiger partial charge is 0.497 e. The second-order valence-electron chi connectivity index (χ2n) is 11.9. The predicted molar refractivity (Wildman–Crippen MR) is 177 cm³/mol. The first-order valence-corrected chi connectivity index (χ1v) is 16.1. The van der Waals surface area contributed by atoms with Gasteiger partial charge in [0.15, 0.2) is 6.10 Å². The van der Waals surface area contributed by atoms with Crippen molar-refractivity contribution < 1.29 is 28.7 Å². The maximum atomic E-state index is 13.7. The topological polar surface area (TPSA) is 103 Å². The molecule has 1 saturated carbocycles. The molecule has 5 atom stereocenters. The first kappa shape index (κ1) is 30.3. The molecule has 5 unspecified atom stereocenters. The Kier molecular flexibility index (Phi) is 7.56. The van der Waals surface area contributed by atoms with Gasteiger partial charge in [-0.3, -0.25) is 19.3 Å². The molecule has 4 aromatic rings. The summed E-state index contributed by atoms with van der Waals surface area (Å²) in [5.41, 5.74) is 3.36. The van der Waals surface area contributed by atoms with Crippen LogP contribution in [0.5, 0.6) is 5.75 Å². The lowest BCUT2D eigenvalue weighted by atomic mass is 9.85. The number of methoxy groups -OCH3 is 1. The van der Waals surface area contributed by atoms with Gasteiger partial charge in [0.05, 0.1) is 46.4 Å². The Labute approximate surface area is 278 Å². The summed E-state index contributed by atoms with van der Waals surface area (Å²) >= 11 is 10.0. The molecule has 1 aromatic heterocycles. The van der Waals surface area contributed by atoms with Crippen LogP contribution < -0.4 is 9.64 Å². The summed E-state index contributed by atoms with van der Waals surface area (Å²) in [5, 5.41) is 0.959. The van der Waals surface area contributed by atoms with E-state index in [1.54, 1.807) is 60.7 Å². The Balaban J connectivity index is 1.21. The standard InChI is InChI=1S/C36H28BrClN2O6/c1-17-31(38)27(37)15-25-26(36(44)46-18(2)33(41)20-8-12-24(45-3)13-9-20)16-28(39-32(17)25)19-6-10-23(11-7-19)40-34(42)29-21-4-5-22(14-21)30(29)35(40)43/h4-13,15-16,18,21-22,29-30H,14H2,1-3H3. The quantitative estimate of drug-likeness (QED) is 0.0859. The second kappa shape index (κ2) is 11.5. The van der Waals surface area contributed by atoms with E-state index in [4.69, 9.17) is 26.1 Å².